The van der Waals surface area contributed by atoms with Crippen molar-refractivity contribution < 1.29 is 9.47 Å². The van der Waals surface area contributed by atoms with Crippen molar-refractivity contribution in [1.29, 1.82) is 0 Å². The molecule has 0 aliphatic rings. The third-order valence-electron chi connectivity index (χ3n) is 2.10. The molecule has 5 heteroatoms. The molecule has 0 aliphatic carbocycles. The monoisotopic (exact) mass is 263 g/mol. The predicted molar refractivity (Wildman–Crippen MR) is 66.6 cm³/mol. The number of benzene rings is 1. The fraction of sp³-hybridized carbons (Fsp3) is 0.455. The molecule has 1 N–H and O–H groups in total. The van der Waals surface area contributed by atoms with Crippen LogP contribution in [0.1, 0.15) is 5.56 Å². The largest absolute Gasteiger partial charge is 0.495 e. The van der Waals surface area contributed by atoms with Gasteiger partial charge < -0.3 is 14.8 Å². The average Bonchev–Trinajstić information content (AvgIpc) is 2.30. The molecule has 0 fully saturated rings. The van der Waals surface area contributed by atoms with Crippen LogP contribution < -0.4 is 10.1 Å². The van der Waals surface area contributed by atoms with E-state index < -0.39 is 0 Å². The lowest BCUT2D eigenvalue weighted by Gasteiger charge is -2.10. The van der Waals surface area contributed by atoms with E-state index in [0.717, 1.165) is 12.1 Å². The van der Waals surface area contributed by atoms with Gasteiger partial charge in [-0.25, -0.2) is 0 Å². The van der Waals surface area contributed by atoms with E-state index in [4.69, 9.17) is 32.7 Å². The number of hydrogen-bond donors (Lipinski definition) is 1. The second-order valence-electron chi connectivity index (χ2n) is 3.21. The van der Waals surface area contributed by atoms with Gasteiger partial charge in [0.05, 0.1) is 25.3 Å². The summed E-state index contributed by atoms with van der Waals surface area (Å²) in [5.74, 6) is 0.575. The highest BCUT2D eigenvalue weighted by Gasteiger charge is 2.10. The Kier molecular flexibility index (Phi) is 5.91. The zero-order valence-corrected chi connectivity index (χ0v) is 10.9. The smallest absolute Gasteiger partial charge is 0.139 e. The summed E-state index contributed by atoms with van der Waals surface area (Å²) in [6.07, 6.45) is 0. The molecule has 3 nitrogen and oxygen atoms in total. The Labute approximate surface area is 106 Å². The van der Waals surface area contributed by atoms with Gasteiger partial charge in [-0.2, -0.15) is 0 Å². The highest BCUT2D eigenvalue weighted by molar-refractivity contribution is 6.43. The van der Waals surface area contributed by atoms with Crippen molar-refractivity contribution in [3.8, 4) is 5.75 Å². The minimum Gasteiger partial charge on any atom is -0.495 e. The number of ether oxygens (including phenoxy) is 2. The zero-order valence-electron chi connectivity index (χ0n) is 9.35. The van der Waals surface area contributed by atoms with E-state index in [-0.39, 0.29) is 0 Å². The van der Waals surface area contributed by atoms with Crippen molar-refractivity contribution in [1.82, 2.24) is 5.32 Å². The number of halogens is 2. The SMILES string of the molecule is CNCCOCc1ccc(OC)c(Cl)c1Cl. The third kappa shape index (κ3) is 3.52. The minimum absolute atomic E-state index is 0.430. The number of nitrogens with one attached hydrogen (secondary N) is 1. The molecule has 0 aromatic heterocycles. The van der Waals surface area contributed by atoms with Gasteiger partial charge in [0, 0.05) is 6.54 Å². The van der Waals surface area contributed by atoms with Crippen LogP contribution in [-0.4, -0.2) is 27.3 Å². The molecule has 0 heterocycles. The van der Waals surface area contributed by atoms with Crippen molar-refractivity contribution in [3.05, 3.63) is 27.7 Å². The molecule has 0 radical (unpaired) electrons. The summed E-state index contributed by atoms with van der Waals surface area (Å²) >= 11 is 12.1. The number of rotatable bonds is 6. The molecule has 0 bridgehead atoms. The summed E-state index contributed by atoms with van der Waals surface area (Å²) in [7, 11) is 3.43. The van der Waals surface area contributed by atoms with E-state index in [2.05, 4.69) is 5.32 Å². The van der Waals surface area contributed by atoms with Crippen LogP contribution in [-0.2, 0) is 11.3 Å². The molecule has 1 aromatic carbocycles. The van der Waals surface area contributed by atoms with Gasteiger partial charge in [0.1, 0.15) is 10.8 Å². The molecule has 1 aromatic rings. The van der Waals surface area contributed by atoms with Crippen LogP contribution in [0.4, 0.5) is 0 Å². The molecular weight excluding hydrogens is 249 g/mol. The molecule has 0 saturated carbocycles. The Morgan fingerprint density at radius 2 is 2.00 bits per heavy atom. The van der Waals surface area contributed by atoms with E-state index >= 15 is 0 Å². The number of methoxy groups -OCH3 is 1. The maximum absolute atomic E-state index is 6.08. The standard InChI is InChI=1S/C11H15Cl2NO2/c1-14-5-6-16-7-8-3-4-9(15-2)11(13)10(8)12/h3-4,14H,5-7H2,1-2H3. The summed E-state index contributed by atoms with van der Waals surface area (Å²) in [6.45, 7) is 1.89. The molecule has 0 unspecified atom stereocenters. The van der Waals surface area contributed by atoms with Crippen LogP contribution in [0.5, 0.6) is 5.75 Å². The highest BCUT2D eigenvalue weighted by Crippen LogP contribution is 2.34. The summed E-state index contributed by atoms with van der Waals surface area (Å²) in [4.78, 5) is 0. The van der Waals surface area contributed by atoms with Crippen LogP contribution in [0, 0.1) is 0 Å². The van der Waals surface area contributed by atoms with Crippen LogP contribution in [0.15, 0.2) is 12.1 Å². The lowest BCUT2D eigenvalue weighted by molar-refractivity contribution is 0.124. The first-order chi connectivity index (χ1) is 7.70. The van der Waals surface area contributed by atoms with Gasteiger partial charge in [0.25, 0.3) is 0 Å². The average molecular weight is 264 g/mol. The van der Waals surface area contributed by atoms with E-state index in [1.165, 1.54) is 0 Å². The van der Waals surface area contributed by atoms with Crippen molar-refractivity contribution >= 4 is 23.2 Å². The van der Waals surface area contributed by atoms with E-state index in [1.807, 2.05) is 13.1 Å². The normalized spacial score (nSPS) is 10.5. The lowest BCUT2D eigenvalue weighted by Crippen LogP contribution is -2.14. The summed E-state index contributed by atoms with van der Waals surface area (Å²) in [5, 5.41) is 3.91. The van der Waals surface area contributed by atoms with Gasteiger partial charge in [0.2, 0.25) is 0 Å². The molecule has 0 atom stereocenters. The summed E-state index contributed by atoms with van der Waals surface area (Å²) in [5.41, 5.74) is 0.864. The molecular formula is C11H15Cl2NO2. The van der Waals surface area contributed by atoms with E-state index in [0.29, 0.717) is 29.0 Å². The Bertz CT molecular complexity index is 345. The first-order valence-electron chi connectivity index (χ1n) is 4.94. The maximum Gasteiger partial charge on any atom is 0.139 e. The minimum atomic E-state index is 0.430. The first kappa shape index (κ1) is 13.6. The fourth-order valence-corrected chi connectivity index (χ4v) is 1.67. The Morgan fingerprint density at radius 1 is 1.25 bits per heavy atom. The zero-order chi connectivity index (χ0) is 12.0. The molecule has 16 heavy (non-hydrogen) atoms. The first-order valence-corrected chi connectivity index (χ1v) is 5.69. The maximum atomic E-state index is 6.08. The van der Waals surface area contributed by atoms with Crippen LogP contribution in [0.3, 0.4) is 0 Å². The molecule has 90 valence electrons. The quantitative estimate of drug-likeness (QED) is 0.801. The van der Waals surface area contributed by atoms with Crippen molar-refractivity contribution in [2.45, 2.75) is 6.61 Å². The van der Waals surface area contributed by atoms with Gasteiger partial charge in [0.15, 0.2) is 0 Å². The molecule has 0 spiro atoms. The highest BCUT2D eigenvalue weighted by atomic mass is 35.5. The fourth-order valence-electron chi connectivity index (χ4n) is 1.20. The van der Waals surface area contributed by atoms with E-state index in [9.17, 15) is 0 Å². The second kappa shape index (κ2) is 6.97. The van der Waals surface area contributed by atoms with Gasteiger partial charge in [-0.3, -0.25) is 0 Å². The number of hydrogen-bond acceptors (Lipinski definition) is 3. The second-order valence-corrected chi connectivity index (χ2v) is 3.97. The third-order valence-corrected chi connectivity index (χ3v) is 3.00. The van der Waals surface area contributed by atoms with Gasteiger partial charge in [-0.15, -0.1) is 0 Å². The molecule has 0 aliphatic heterocycles. The Hall–Kier alpha value is -0.480. The lowest BCUT2D eigenvalue weighted by atomic mass is 10.2. The van der Waals surface area contributed by atoms with Crippen molar-refractivity contribution in [2.75, 3.05) is 27.3 Å². The predicted octanol–water partition coefficient (Wildman–Crippen LogP) is 2.74. The van der Waals surface area contributed by atoms with Gasteiger partial charge in [-0.05, 0) is 18.7 Å². The summed E-state index contributed by atoms with van der Waals surface area (Å²) < 4.78 is 10.5. The van der Waals surface area contributed by atoms with Crippen LogP contribution >= 0.6 is 23.2 Å². The summed E-state index contributed by atoms with van der Waals surface area (Å²) in [6, 6.07) is 3.64. The van der Waals surface area contributed by atoms with Crippen molar-refractivity contribution in [3.63, 3.8) is 0 Å². The van der Waals surface area contributed by atoms with Crippen LogP contribution in [0.25, 0.3) is 0 Å². The topological polar surface area (TPSA) is 30.5 Å². The van der Waals surface area contributed by atoms with Gasteiger partial charge >= 0.3 is 0 Å². The number of likely N-dealkylation sites (N-methyl/N-ethyl adjacent to an activating group) is 1. The van der Waals surface area contributed by atoms with Crippen LogP contribution in [0.2, 0.25) is 10.0 Å². The van der Waals surface area contributed by atoms with Crippen molar-refractivity contribution in [2.24, 2.45) is 0 Å². The Morgan fingerprint density at radius 3 is 2.62 bits per heavy atom. The van der Waals surface area contributed by atoms with E-state index in [1.54, 1.807) is 13.2 Å². The molecule has 0 amide bonds. The Balaban J connectivity index is 2.64. The molecule has 1 rings (SSSR count). The van der Waals surface area contributed by atoms with Gasteiger partial charge in [-0.1, -0.05) is 29.3 Å². The molecule has 0 saturated heterocycles.